The standard InChI is InChI=1S/C18H21N5O2/c1-12(2)16-8-17(22-21-16)20-18(24)14-9-19-23(11-14)10-13-4-6-15(25-3)7-5-13/h4-9,11-12H,10H2,1-3H3,(H2,20,21,22,24). The zero-order chi connectivity index (χ0) is 17.8. The summed E-state index contributed by atoms with van der Waals surface area (Å²) in [4.78, 5) is 12.3. The summed E-state index contributed by atoms with van der Waals surface area (Å²) in [5.74, 6) is 1.41. The van der Waals surface area contributed by atoms with Crippen LogP contribution < -0.4 is 10.1 Å². The van der Waals surface area contributed by atoms with Crippen molar-refractivity contribution >= 4 is 11.7 Å². The average molecular weight is 339 g/mol. The molecule has 3 aromatic rings. The maximum atomic E-state index is 12.3. The quantitative estimate of drug-likeness (QED) is 0.723. The second-order valence-corrected chi connectivity index (χ2v) is 6.09. The van der Waals surface area contributed by atoms with E-state index in [1.807, 2.05) is 30.3 Å². The third-order valence-electron chi connectivity index (χ3n) is 3.86. The molecule has 130 valence electrons. The van der Waals surface area contributed by atoms with Crippen molar-refractivity contribution in [2.75, 3.05) is 12.4 Å². The van der Waals surface area contributed by atoms with E-state index in [9.17, 15) is 4.79 Å². The number of nitrogens with one attached hydrogen (secondary N) is 2. The highest BCUT2D eigenvalue weighted by Gasteiger charge is 2.12. The van der Waals surface area contributed by atoms with Gasteiger partial charge < -0.3 is 10.1 Å². The van der Waals surface area contributed by atoms with Crippen LogP contribution in [0.2, 0.25) is 0 Å². The number of hydrogen-bond acceptors (Lipinski definition) is 4. The number of aromatic nitrogens is 4. The van der Waals surface area contributed by atoms with Gasteiger partial charge in [0, 0.05) is 18.0 Å². The molecule has 2 heterocycles. The van der Waals surface area contributed by atoms with Crippen LogP contribution in [0.25, 0.3) is 0 Å². The van der Waals surface area contributed by atoms with E-state index in [4.69, 9.17) is 4.74 Å². The van der Waals surface area contributed by atoms with Crippen molar-refractivity contribution in [2.45, 2.75) is 26.3 Å². The summed E-state index contributed by atoms with van der Waals surface area (Å²) in [5, 5.41) is 14.0. The molecule has 0 radical (unpaired) electrons. The summed E-state index contributed by atoms with van der Waals surface area (Å²) in [6.07, 6.45) is 3.27. The van der Waals surface area contributed by atoms with E-state index < -0.39 is 0 Å². The van der Waals surface area contributed by atoms with E-state index in [-0.39, 0.29) is 5.91 Å². The monoisotopic (exact) mass is 339 g/mol. The SMILES string of the molecule is COc1ccc(Cn2cc(C(=O)Nc3cc(C(C)C)[nH]n3)cn2)cc1. The summed E-state index contributed by atoms with van der Waals surface area (Å²) < 4.78 is 6.87. The number of benzene rings is 1. The van der Waals surface area contributed by atoms with Crippen molar-refractivity contribution in [2.24, 2.45) is 0 Å². The minimum Gasteiger partial charge on any atom is -0.497 e. The molecule has 7 nitrogen and oxygen atoms in total. The number of rotatable bonds is 6. The lowest BCUT2D eigenvalue weighted by Crippen LogP contribution is -2.11. The van der Waals surface area contributed by atoms with Gasteiger partial charge in [-0.25, -0.2) is 0 Å². The van der Waals surface area contributed by atoms with Gasteiger partial charge in [-0.3, -0.25) is 14.6 Å². The van der Waals surface area contributed by atoms with Crippen LogP contribution in [0.1, 0.15) is 41.4 Å². The average Bonchev–Trinajstić information content (AvgIpc) is 3.25. The number of methoxy groups -OCH3 is 1. The van der Waals surface area contributed by atoms with Gasteiger partial charge in [-0.15, -0.1) is 0 Å². The van der Waals surface area contributed by atoms with Gasteiger partial charge in [0.25, 0.3) is 5.91 Å². The number of anilines is 1. The van der Waals surface area contributed by atoms with E-state index in [1.54, 1.807) is 24.2 Å². The van der Waals surface area contributed by atoms with Gasteiger partial charge in [0.1, 0.15) is 5.75 Å². The molecule has 1 aromatic carbocycles. The number of ether oxygens (including phenoxy) is 1. The molecule has 3 rings (SSSR count). The predicted octanol–water partition coefficient (Wildman–Crippen LogP) is 3.04. The van der Waals surface area contributed by atoms with Crippen LogP contribution in [0.3, 0.4) is 0 Å². The minimum atomic E-state index is -0.234. The maximum absolute atomic E-state index is 12.3. The molecule has 0 aliphatic carbocycles. The number of carbonyl (C=O) groups excluding carboxylic acids is 1. The van der Waals surface area contributed by atoms with Crippen molar-refractivity contribution < 1.29 is 9.53 Å². The Morgan fingerprint density at radius 3 is 2.72 bits per heavy atom. The third-order valence-corrected chi connectivity index (χ3v) is 3.86. The van der Waals surface area contributed by atoms with Gasteiger partial charge in [-0.2, -0.15) is 10.2 Å². The third kappa shape index (κ3) is 4.06. The van der Waals surface area contributed by atoms with Gasteiger partial charge in [0.05, 0.1) is 25.4 Å². The first kappa shape index (κ1) is 16.8. The van der Waals surface area contributed by atoms with Gasteiger partial charge >= 0.3 is 0 Å². The highest BCUT2D eigenvalue weighted by atomic mass is 16.5. The van der Waals surface area contributed by atoms with Gasteiger partial charge in [0.15, 0.2) is 5.82 Å². The van der Waals surface area contributed by atoms with Gasteiger partial charge in [-0.1, -0.05) is 26.0 Å². The van der Waals surface area contributed by atoms with E-state index in [1.165, 1.54) is 0 Å². The molecule has 7 heteroatoms. The summed E-state index contributed by atoms with van der Waals surface area (Å²) >= 11 is 0. The molecule has 0 aliphatic heterocycles. The van der Waals surface area contributed by atoms with E-state index >= 15 is 0 Å². The van der Waals surface area contributed by atoms with Crippen molar-refractivity contribution in [1.82, 2.24) is 20.0 Å². The van der Waals surface area contributed by atoms with Crippen LogP contribution in [0.4, 0.5) is 5.82 Å². The fourth-order valence-corrected chi connectivity index (χ4v) is 2.37. The van der Waals surface area contributed by atoms with Crippen molar-refractivity contribution in [1.29, 1.82) is 0 Å². The number of H-pyrrole nitrogens is 1. The number of hydrogen-bond donors (Lipinski definition) is 2. The van der Waals surface area contributed by atoms with Crippen LogP contribution in [-0.2, 0) is 6.54 Å². The first-order valence-electron chi connectivity index (χ1n) is 8.07. The molecule has 0 saturated heterocycles. The molecule has 2 N–H and O–H groups in total. The van der Waals surface area contributed by atoms with Gasteiger partial charge in [-0.05, 0) is 23.6 Å². The molecule has 0 aliphatic rings. The lowest BCUT2D eigenvalue weighted by molar-refractivity contribution is 0.102. The first-order valence-corrected chi connectivity index (χ1v) is 8.07. The largest absolute Gasteiger partial charge is 0.497 e. The summed E-state index contributed by atoms with van der Waals surface area (Å²) in [7, 11) is 1.64. The lowest BCUT2D eigenvalue weighted by Gasteiger charge is -2.03. The Kier molecular flexibility index (Phi) is 4.83. The smallest absolute Gasteiger partial charge is 0.260 e. The molecule has 2 aromatic heterocycles. The molecule has 0 bridgehead atoms. The second kappa shape index (κ2) is 7.21. The van der Waals surface area contributed by atoms with E-state index in [2.05, 4.69) is 34.5 Å². The van der Waals surface area contributed by atoms with Crippen LogP contribution in [0.5, 0.6) is 5.75 Å². The number of aromatic amines is 1. The van der Waals surface area contributed by atoms with Crippen LogP contribution in [0.15, 0.2) is 42.7 Å². The Balaban J connectivity index is 1.64. The molecule has 25 heavy (non-hydrogen) atoms. The molecule has 1 amide bonds. The fraction of sp³-hybridized carbons (Fsp3) is 0.278. The van der Waals surface area contributed by atoms with Crippen LogP contribution >= 0.6 is 0 Å². The lowest BCUT2D eigenvalue weighted by atomic mass is 10.1. The van der Waals surface area contributed by atoms with E-state index in [0.717, 1.165) is 17.0 Å². The van der Waals surface area contributed by atoms with Gasteiger partial charge in [0.2, 0.25) is 0 Å². The number of amides is 1. The Morgan fingerprint density at radius 1 is 1.32 bits per heavy atom. The maximum Gasteiger partial charge on any atom is 0.260 e. The minimum absolute atomic E-state index is 0.234. The Labute approximate surface area is 146 Å². The second-order valence-electron chi connectivity index (χ2n) is 6.09. The molecule has 0 spiro atoms. The Bertz CT molecular complexity index is 848. The molecule has 0 saturated carbocycles. The molecular formula is C18H21N5O2. The molecule has 0 fully saturated rings. The molecular weight excluding hydrogens is 318 g/mol. The predicted molar refractivity (Wildman–Crippen MR) is 95.0 cm³/mol. The highest BCUT2D eigenvalue weighted by molar-refractivity contribution is 6.03. The van der Waals surface area contributed by atoms with Crippen LogP contribution in [-0.4, -0.2) is 33.0 Å². The van der Waals surface area contributed by atoms with Crippen molar-refractivity contribution in [3.05, 3.63) is 59.5 Å². The Hall–Kier alpha value is -3.09. The Morgan fingerprint density at radius 2 is 2.08 bits per heavy atom. The zero-order valence-corrected chi connectivity index (χ0v) is 14.5. The summed E-state index contributed by atoms with van der Waals surface area (Å²) in [6.45, 7) is 4.70. The van der Waals surface area contributed by atoms with Crippen LogP contribution in [0, 0.1) is 0 Å². The summed E-state index contributed by atoms with van der Waals surface area (Å²) in [5.41, 5.74) is 2.54. The normalized spacial score (nSPS) is 10.9. The van der Waals surface area contributed by atoms with Crippen molar-refractivity contribution in [3.8, 4) is 5.75 Å². The van der Waals surface area contributed by atoms with E-state index in [0.29, 0.717) is 23.8 Å². The molecule has 0 unspecified atom stereocenters. The zero-order valence-electron chi connectivity index (χ0n) is 14.5. The summed E-state index contributed by atoms with van der Waals surface area (Å²) in [6, 6.07) is 9.58. The topological polar surface area (TPSA) is 84.8 Å². The fourth-order valence-electron chi connectivity index (χ4n) is 2.37. The molecule has 0 atom stereocenters. The first-order chi connectivity index (χ1) is 12.0. The number of carbonyl (C=O) groups is 1. The van der Waals surface area contributed by atoms with Crippen molar-refractivity contribution in [3.63, 3.8) is 0 Å². The number of nitrogens with zero attached hydrogens (tertiary/aromatic N) is 3. The highest BCUT2D eigenvalue weighted by Crippen LogP contribution is 2.16.